The molecule has 0 fully saturated rings. The number of hydrogen-bond acceptors (Lipinski definition) is 2. The van der Waals surface area contributed by atoms with Gasteiger partial charge in [-0.25, -0.2) is 0 Å². The summed E-state index contributed by atoms with van der Waals surface area (Å²) in [6.45, 7) is 8.94. The third-order valence-corrected chi connectivity index (χ3v) is 8.43. The lowest BCUT2D eigenvalue weighted by atomic mass is 9.94. The SMILES string of the molecule is CCCCCCCCc1cc2c(o1)c(C)cc1c2ccc2c3cc(CCCCCCCC)oc3c(C)cc21. The molecule has 0 N–H and O–H groups in total. The van der Waals surface area contributed by atoms with Gasteiger partial charge in [-0.3, -0.25) is 0 Å². The Balaban J connectivity index is 1.43. The van der Waals surface area contributed by atoms with Crippen molar-refractivity contribution >= 4 is 43.5 Å². The Bertz CT molecular complexity index is 1400. The lowest BCUT2D eigenvalue weighted by molar-refractivity contribution is 0.520. The summed E-state index contributed by atoms with van der Waals surface area (Å²) in [6, 6.07) is 13.9. The molecular weight excluding hydrogens is 464 g/mol. The maximum Gasteiger partial charge on any atom is 0.137 e. The van der Waals surface area contributed by atoms with Gasteiger partial charge in [-0.15, -0.1) is 0 Å². The van der Waals surface area contributed by atoms with Gasteiger partial charge in [0.15, 0.2) is 0 Å². The summed E-state index contributed by atoms with van der Waals surface area (Å²) in [6.07, 6.45) is 17.8. The number of fused-ring (bicyclic) bond motifs is 7. The molecule has 0 saturated heterocycles. The summed E-state index contributed by atoms with van der Waals surface area (Å²) in [5.74, 6) is 2.26. The Morgan fingerprint density at radius 1 is 0.447 bits per heavy atom. The number of rotatable bonds is 14. The van der Waals surface area contributed by atoms with Crippen LogP contribution >= 0.6 is 0 Å². The average Bonchev–Trinajstić information content (AvgIpc) is 3.54. The number of aryl methyl sites for hydroxylation is 4. The Hall–Kier alpha value is -2.74. The maximum absolute atomic E-state index is 6.40. The highest BCUT2D eigenvalue weighted by molar-refractivity contribution is 6.22. The van der Waals surface area contributed by atoms with Gasteiger partial charge in [-0.05, 0) is 83.6 Å². The van der Waals surface area contributed by atoms with E-state index in [2.05, 4.69) is 64.1 Å². The normalized spacial score (nSPS) is 12.1. The first-order valence-corrected chi connectivity index (χ1v) is 15.4. The summed E-state index contributed by atoms with van der Waals surface area (Å²) in [4.78, 5) is 0. The second kappa shape index (κ2) is 12.4. The molecule has 0 aliphatic rings. The second-order valence-corrected chi connectivity index (χ2v) is 11.6. The van der Waals surface area contributed by atoms with Crippen LogP contribution in [0.15, 0.2) is 45.2 Å². The van der Waals surface area contributed by atoms with E-state index in [1.165, 1.54) is 120 Å². The van der Waals surface area contributed by atoms with Crippen LogP contribution in [0.25, 0.3) is 43.5 Å². The highest BCUT2D eigenvalue weighted by atomic mass is 16.3. The first-order valence-electron chi connectivity index (χ1n) is 15.4. The average molecular weight is 511 g/mol. The van der Waals surface area contributed by atoms with Gasteiger partial charge in [0.2, 0.25) is 0 Å². The first kappa shape index (κ1) is 26.9. The van der Waals surface area contributed by atoms with E-state index in [1.807, 2.05) is 0 Å². The van der Waals surface area contributed by atoms with E-state index in [1.54, 1.807) is 0 Å². The van der Waals surface area contributed by atoms with Crippen molar-refractivity contribution in [1.82, 2.24) is 0 Å². The molecule has 5 aromatic rings. The second-order valence-electron chi connectivity index (χ2n) is 11.6. The van der Waals surface area contributed by atoms with Crippen LogP contribution in [0.1, 0.15) is 114 Å². The molecule has 2 nitrogen and oxygen atoms in total. The monoisotopic (exact) mass is 510 g/mol. The van der Waals surface area contributed by atoms with E-state index >= 15 is 0 Å². The minimum absolute atomic E-state index is 1.03. The number of benzene rings is 3. The molecule has 38 heavy (non-hydrogen) atoms. The van der Waals surface area contributed by atoms with Gasteiger partial charge in [-0.2, -0.15) is 0 Å². The van der Waals surface area contributed by atoms with Gasteiger partial charge >= 0.3 is 0 Å². The molecular formula is C36H46O2. The van der Waals surface area contributed by atoms with Crippen molar-refractivity contribution in [3.63, 3.8) is 0 Å². The molecule has 5 rings (SSSR count). The predicted octanol–water partition coefficient (Wildman–Crippen LogP) is 11.9. The molecule has 2 aromatic heterocycles. The van der Waals surface area contributed by atoms with Crippen molar-refractivity contribution in [2.75, 3.05) is 0 Å². The Morgan fingerprint density at radius 3 is 1.26 bits per heavy atom. The molecule has 0 bridgehead atoms. The molecule has 2 heteroatoms. The van der Waals surface area contributed by atoms with E-state index in [0.29, 0.717) is 0 Å². The maximum atomic E-state index is 6.40. The van der Waals surface area contributed by atoms with Gasteiger partial charge in [0.1, 0.15) is 22.7 Å². The molecule has 0 spiro atoms. The van der Waals surface area contributed by atoms with Crippen molar-refractivity contribution in [2.45, 2.75) is 118 Å². The Kier molecular flexibility index (Phi) is 8.77. The standard InChI is InChI=1S/C36H46O2/c1-5-7-9-11-13-15-17-27-23-33-29-19-20-30-32(31(29)21-25(3)35(33)37-27)22-26(4)36-34(30)24-28(38-36)18-16-14-12-10-8-6-2/h19-24H,5-18H2,1-4H3. The summed E-state index contributed by atoms with van der Waals surface area (Å²) in [5.41, 5.74) is 4.56. The van der Waals surface area contributed by atoms with Crippen LogP contribution in [0.5, 0.6) is 0 Å². The molecule has 0 aliphatic carbocycles. The predicted molar refractivity (Wildman–Crippen MR) is 165 cm³/mol. The number of hydrogen-bond donors (Lipinski definition) is 0. The molecule has 202 valence electrons. The molecule has 3 aromatic carbocycles. The number of unbranched alkanes of at least 4 members (excludes halogenated alkanes) is 10. The molecule has 0 amide bonds. The van der Waals surface area contributed by atoms with Gasteiger partial charge in [0, 0.05) is 23.6 Å². The quantitative estimate of drug-likeness (QED) is 0.110. The highest BCUT2D eigenvalue weighted by Crippen LogP contribution is 2.39. The third kappa shape index (κ3) is 5.65. The summed E-state index contributed by atoms with van der Waals surface area (Å²) < 4.78 is 12.8. The fraction of sp³-hybridized carbons (Fsp3) is 0.500. The van der Waals surface area contributed by atoms with E-state index in [-0.39, 0.29) is 0 Å². The third-order valence-electron chi connectivity index (χ3n) is 8.43. The fourth-order valence-corrected chi connectivity index (χ4v) is 6.26. The van der Waals surface area contributed by atoms with Crippen molar-refractivity contribution in [3.8, 4) is 0 Å². The van der Waals surface area contributed by atoms with Gasteiger partial charge in [-0.1, -0.05) is 90.2 Å². The summed E-state index contributed by atoms with van der Waals surface area (Å²) in [7, 11) is 0. The lowest BCUT2D eigenvalue weighted by Crippen LogP contribution is -1.84. The summed E-state index contributed by atoms with van der Waals surface area (Å²) in [5, 5.41) is 7.76. The molecule has 0 atom stereocenters. The van der Waals surface area contributed by atoms with Crippen LogP contribution in [0, 0.1) is 13.8 Å². The molecule has 0 radical (unpaired) electrons. The van der Waals surface area contributed by atoms with Crippen LogP contribution in [0.4, 0.5) is 0 Å². The van der Waals surface area contributed by atoms with Gasteiger partial charge < -0.3 is 8.83 Å². The highest BCUT2D eigenvalue weighted by Gasteiger charge is 2.16. The Morgan fingerprint density at radius 2 is 0.842 bits per heavy atom. The minimum Gasteiger partial charge on any atom is -0.461 e. The van der Waals surface area contributed by atoms with Crippen LogP contribution in [-0.4, -0.2) is 0 Å². The zero-order valence-electron chi connectivity index (χ0n) is 24.2. The molecule has 0 aliphatic heterocycles. The van der Waals surface area contributed by atoms with Crippen molar-refractivity contribution in [2.24, 2.45) is 0 Å². The molecule has 0 unspecified atom stereocenters. The lowest BCUT2D eigenvalue weighted by Gasteiger charge is -2.09. The molecule has 0 saturated carbocycles. The van der Waals surface area contributed by atoms with E-state index in [9.17, 15) is 0 Å². The summed E-state index contributed by atoms with van der Waals surface area (Å²) >= 11 is 0. The first-order chi connectivity index (χ1) is 18.6. The topological polar surface area (TPSA) is 26.3 Å². The van der Waals surface area contributed by atoms with E-state index in [0.717, 1.165) is 35.5 Å². The minimum atomic E-state index is 1.03. The van der Waals surface area contributed by atoms with E-state index in [4.69, 9.17) is 8.83 Å². The number of furan rings is 2. The smallest absolute Gasteiger partial charge is 0.137 e. The van der Waals surface area contributed by atoms with Crippen LogP contribution in [-0.2, 0) is 12.8 Å². The zero-order valence-corrected chi connectivity index (χ0v) is 24.2. The largest absolute Gasteiger partial charge is 0.461 e. The zero-order chi connectivity index (χ0) is 26.5. The van der Waals surface area contributed by atoms with Crippen LogP contribution in [0.3, 0.4) is 0 Å². The van der Waals surface area contributed by atoms with Crippen LogP contribution < -0.4 is 0 Å². The fourth-order valence-electron chi connectivity index (χ4n) is 6.26. The van der Waals surface area contributed by atoms with Gasteiger partial charge in [0.25, 0.3) is 0 Å². The van der Waals surface area contributed by atoms with E-state index < -0.39 is 0 Å². The van der Waals surface area contributed by atoms with Crippen LogP contribution in [0.2, 0.25) is 0 Å². The van der Waals surface area contributed by atoms with Crippen molar-refractivity contribution in [1.29, 1.82) is 0 Å². The van der Waals surface area contributed by atoms with Crippen molar-refractivity contribution < 1.29 is 8.83 Å². The molecule has 2 heterocycles. The Labute approximate surface area is 228 Å². The van der Waals surface area contributed by atoms with Gasteiger partial charge in [0.05, 0.1) is 0 Å². The van der Waals surface area contributed by atoms with Crippen molar-refractivity contribution in [3.05, 3.63) is 59.0 Å².